The van der Waals surface area contributed by atoms with Crippen LogP contribution in [0.5, 0.6) is 0 Å². The summed E-state index contributed by atoms with van der Waals surface area (Å²) in [6.45, 7) is 0.333. The van der Waals surface area contributed by atoms with Crippen molar-refractivity contribution in [3.63, 3.8) is 0 Å². The standard InChI is InChI=1S/C11H12ClN5O/c1-17(5-10-14-6-15-16-10)11(18)8-3-2-7(13)4-9(8)12/h2-4,6H,5,13H2,1H3,(H,14,15,16). The number of amides is 1. The molecule has 0 aliphatic heterocycles. The van der Waals surface area contributed by atoms with Gasteiger partial charge in [0.15, 0.2) is 0 Å². The Hall–Kier alpha value is -2.08. The molecule has 0 unspecified atom stereocenters. The Morgan fingerprint density at radius 1 is 1.56 bits per heavy atom. The van der Waals surface area contributed by atoms with Crippen LogP contribution in [0.3, 0.4) is 0 Å². The second-order valence-electron chi connectivity index (χ2n) is 3.83. The molecule has 1 aromatic heterocycles. The SMILES string of the molecule is CN(Cc1ncn[nH]1)C(=O)c1ccc(N)cc1Cl. The summed E-state index contributed by atoms with van der Waals surface area (Å²) in [7, 11) is 1.66. The number of nitrogens with one attached hydrogen (secondary N) is 1. The van der Waals surface area contributed by atoms with E-state index in [4.69, 9.17) is 17.3 Å². The van der Waals surface area contributed by atoms with Crippen molar-refractivity contribution in [1.29, 1.82) is 0 Å². The van der Waals surface area contributed by atoms with Gasteiger partial charge in [-0.15, -0.1) is 0 Å². The van der Waals surface area contributed by atoms with E-state index >= 15 is 0 Å². The average molecular weight is 266 g/mol. The zero-order chi connectivity index (χ0) is 13.1. The van der Waals surface area contributed by atoms with E-state index in [1.807, 2.05) is 0 Å². The molecule has 2 aromatic rings. The summed E-state index contributed by atoms with van der Waals surface area (Å²) in [6.07, 6.45) is 1.39. The summed E-state index contributed by atoms with van der Waals surface area (Å²) in [5, 5.41) is 6.75. The van der Waals surface area contributed by atoms with E-state index in [9.17, 15) is 4.79 Å². The topological polar surface area (TPSA) is 87.9 Å². The molecule has 1 heterocycles. The van der Waals surface area contributed by atoms with Crippen LogP contribution in [-0.4, -0.2) is 33.0 Å². The first-order chi connectivity index (χ1) is 8.58. The highest BCUT2D eigenvalue weighted by Gasteiger charge is 2.16. The van der Waals surface area contributed by atoms with Gasteiger partial charge in [0, 0.05) is 12.7 Å². The third-order valence-corrected chi connectivity index (χ3v) is 2.73. The van der Waals surface area contributed by atoms with E-state index < -0.39 is 0 Å². The number of aromatic nitrogens is 3. The van der Waals surface area contributed by atoms with Gasteiger partial charge < -0.3 is 10.6 Å². The van der Waals surface area contributed by atoms with Crippen LogP contribution < -0.4 is 5.73 Å². The number of hydrogen-bond donors (Lipinski definition) is 2. The van der Waals surface area contributed by atoms with E-state index in [2.05, 4.69) is 15.2 Å². The fourth-order valence-electron chi connectivity index (χ4n) is 1.51. The number of benzene rings is 1. The van der Waals surface area contributed by atoms with Gasteiger partial charge >= 0.3 is 0 Å². The quantitative estimate of drug-likeness (QED) is 0.819. The number of aromatic amines is 1. The van der Waals surface area contributed by atoms with Gasteiger partial charge in [0.05, 0.1) is 17.1 Å². The lowest BCUT2D eigenvalue weighted by atomic mass is 10.2. The summed E-state index contributed by atoms with van der Waals surface area (Å²) < 4.78 is 0. The molecule has 0 bridgehead atoms. The number of anilines is 1. The molecule has 0 saturated carbocycles. The van der Waals surface area contributed by atoms with Gasteiger partial charge in [0.2, 0.25) is 0 Å². The Balaban J connectivity index is 2.15. The van der Waals surface area contributed by atoms with E-state index in [1.165, 1.54) is 11.2 Å². The molecular formula is C11H12ClN5O. The molecule has 6 nitrogen and oxygen atoms in total. The largest absolute Gasteiger partial charge is 0.399 e. The van der Waals surface area contributed by atoms with Gasteiger partial charge in [-0.2, -0.15) is 5.10 Å². The van der Waals surface area contributed by atoms with Crippen LogP contribution in [-0.2, 0) is 6.54 Å². The van der Waals surface area contributed by atoms with Crippen LogP contribution in [0.4, 0.5) is 5.69 Å². The van der Waals surface area contributed by atoms with Crippen molar-refractivity contribution in [2.45, 2.75) is 6.54 Å². The minimum Gasteiger partial charge on any atom is -0.399 e. The number of nitrogens with two attached hydrogens (primary N) is 1. The number of hydrogen-bond acceptors (Lipinski definition) is 4. The van der Waals surface area contributed by atoms with Crippen molar-refractivity contribution < 1.29 is 4.79 Å². The molecule has 18 heavy (non-hydrogen) atoms. The Morgan fingerprint density at radius 2 is 2.33 bits per heavy atom. The van der Waals surface area contributed by atoms with Gasteiger partial charge in [-0.1, -0.05) is 11.6 Å². The maximum absolute atomic E-state index is 12.1. The summed E-state index contributed by atoms with van der Waals surface area (Å²) in [5.74, 6) is 0.411. The highest BCUT2D eigenvalue weighted by molar-refractivity contribution is 6.34. The number of H-pyrrole nitrogens is 1. The van der Waals surface area contributed by atoms with Crippen LogP contribution in [0.15, 0.2) is 24.5 Å². The van der Waals surface area contributed by atoms with Gasteiger partial charge in [0.25, 0.3) is 5.91 Å². The fraction of sp³-hybridized carbons (Fsp3) is 0.182. The second kappa shape index (κ2) is 5.05. The number of nitrogens with zero attached hydrogens (tertiary/aromatic N) is 3. The zero-order valence-corrected chi connectivity index (χ0v) is 10.5. The maximum atomic E-state index is 12.1. The van der Waals surface area contributed by atoms with Crippen LogP contribution in [0.25, 0.3) is 0 Å². The summed E-state index contributed by atoms with van der Waals surface area (Å²) in [5.41, 5.74) is 6.51. The van der Waals surface area contributed by atoms with Crippen molar-refractivity contribution in [3.05, 3.63) is 40.9 Å². The van der Waals surface area contributed by atoms with E-state index in [0.29, 0.717) is 28.6 Å². The van der Waals surface area contributed by atoms with E-state index in [1.54, 1.807) is 25.2 Å². The van der Waals surface area contributed by atoms with Crippen molar-refractivity contribution in [2.24, 2.45) is 0 Å². The van der Waals surface area contributed by atoms with Crippen molar-refractivity contribution in [1.82, 2.24) is 20.1 Å². The Bertz CT molecular complexity index is 555. The Labute approximate surface area is 109 Å². The first kappa shape index (κ1) is 12.4. The van der Waals surface area contributed by atoms with Gasteiger partial charge in [-0.3, -0.25) is 9.89 Å². The third kappa shape index (κ3) is 2.60. The zero-order valence-electron chi connectivity index (χ0n) is 9.72. The first-order valence-electron chi connectivity index (χ1n) is 5.22. The number of halogens is 1. The lowest BCUT2D eigenvalue weighted by Gasteiger charge is -2.16. The maximum Gasteiger partial charge on any atom is 0.255 e. The van der Waals surface area contributed by atoms with Crippen LogP contribution in [0.1, 0.15) is 16.2 Å². The molecule has 94 valence electrons. The number of nitrogen functional groups attached to an aromatic ring is 1. The van der Waals surface area contributed by atoms with Crippen molar-refractivity contribution >= 4 is 23.2 Å². The molecule has 0 aliphatic rings. The van der Waals surface area contributed by atoms with E-state index in [-0.39, 0.29) is 5.91 Å². The van der Waals surface area contributed by atoms with Gasteiger partial charge in [-0.25, -0.2) is 4.98 Å². The minimum absolute atomic E-state index is 0.198. The van der Waals surface area contributed by atoms with Crippen molar-refractivity contribution in [2.75, 3.05) is 12.8 Å². The number of carbonyl (C=O) groups is 1. The van der Waals surface area contributed by atoms with Crippen LogP contribution in [0.2, 0.25) is 5.02 Å². The van der Waals surface area contributed by atoms with Crippen molar-refractivity contribution in [3.8, 4) is 0 Å². The lowest BCUT2D eigenvalue weighted by molar-refractivity contribution is 0.0782. The third-order valence-electron chi connectivity index (χ3n) is 2.42. The fourth-order valence-corrected chi connectivity index (χ4v) is 1.78. The molecule has 0 atom stereocenters. The highest BCUT2D eigenvalue weighted by atomic mass is 35.5. The highest BCUT2D eigenvalue weighted by Crippen LogP contribution is 2.20. The monoisotopic (exact) mass is 265 g/mol. The summed E-state index contributed by atoms with van der Waals surface area (Å²) >= 11 is 5.99. The minimum atomic E-state index is -0.198. The molecule has 2 rings (SSSR count). The molecule has 0 spiro atoms. The molecular weight excluding hydrogens is 254 g/mol. The smallest absolute Gasteiger partial charge is 0.255 e. The molecule has 7 heteroatoms. The lowest BCUT2D eigenvalue weighted by Crippen LogP contribution is -2.27. The summed E-state index contributed by atoms with van der Waals surface area (Å²) in [6, 6.07) is 4.80. The molecule has 0 fully saturated rings. The van der Waals surface area contributed by atoms with Crippen LogP contribution in [0, 0.1) is 0 Å². The average Bonchev–Trinajstić information content (AvgIpc) is 2.81. The molecule has 0 radical (unpaired) electrons. The van der Waals surface area contributed by atoms with Gasteiger partial charge in [-0.05, 0) is 18.2 Å². The molecule has 0 saturated heterocycles. The van der Waals surface area contributed by atoms with E-state index in [0.717, 1.165) is 0 Å². The predicted octanol–water partition coefficient (Wildman–Crippen LogP) is 1.31. The normalized spacial score (nSPS) is 10.3. The van der Waals surface area contributed by atoms with Gasteiger partial charge in [0.1, 0.15) is 12.2 Å². The summed E-state index contributed by atoms with van der Waals surface area (Å²) in [4.78, 5) is 17.6. The Kier molecular flexibility index (Phi) is 3.47. The first-order valence-corrected chi connectivity index (χ1v) is 5.60. The predicted molar refractivity (Wildman–Crippen MR) is 68.0 cm³/mol. The van der Waals surface area contributed by atoms with Crippen LogP contribution >= 0.6 is 11.6 Å². The second-order valence-corrected chi connectivity index (χ2v) is 4.24. The molecule has 1 amide bonds. The Morgan fingerprint density at radius 3 is 2.94 bits per heavy atom. The molecule has 0 aliphatic carbocycles. The molecule has 1 aromatic carbocycles. The number of rotatable bonds is 3. The molecule has 3 N–H and O–H groups in total. The number of carbonyl (C=O) groups excluding carboxylic acids is 1.